The van der Waals surface area contributed by atoms with Crippen LogP contribution >= 0.6 is 0 Å². The molecule has 5 nitrogen and oxygen atoms in total. The molecular formula is C14H20F3NO4S. The lowest BCUT2D eigenvalue weighted by Gasteiger charge is -2.27. The summed E-state index contributed by atoms with van der Waals surface area (Å²) in [4.78, 5) is 10.6. The Bertz CT molecular complexity index is 549. The number of piperidine rings is 1. The lowest BCUT2D eigenvalue weighted by atomic mass is 10.0. The molecule has 0 aromatic carbocycles. The van der Waals surface area contributed by atoms with Gasteiger partial charge in [0, 0.05) is 12.1 Å². The number of hydrogen-bond donors (Lipinski definition) is 1. The Morgan fingerprint density at radius 3 is 2.52 bits per heavy atom. The molecule has 0 spiro atoms. The van der Waals surface area contributed by atoms with Gasteiger partial charge in [0.1, 0.15) is 11.5 Å². The quantitative estimate of drug-likeness (QED) is 0.430. The molecule has 1 heterocycles. The predicted octanol–water partition coefficient (Wildman–Crippen LogP) is 2.11. The molecule has 1 N–H and O–H groups in total. The number of rotatable bonds is 7. The highest BCUT2D eigenvalue weighted by atomic mass is 32.2. The summed E-state index contributed by atoms with van der Waals surface area (Å²) in [6.07, 6.45) is -2.09. The molecule has 9 heteroatoms. The van der Waals surface area contributed by atoms with Gasteiger partial charge >= 0.3 is 6.18 Å². The highest BCUT2D eigenvalue weighted by molar-refractivity contribution is 7.87. The van der Waals surface area contributed by atoms with Gasteiger partial charge in [0.25, 0.3) is 10.1 Å². The molecule has 0 saturated carbocycles. The van der Waals surface area contributed by atoms with Gasteiger partial charge in [0.05, 0.1) is 12.1 Å². The van der Waals surface area contributed by atoms with Gasteiger partial charge in [-0.2, -0.15) is 21.6 Å². The van der Waals surface area contributed by atoms with Crippen LogP contribution in [0.3, 0.4) is 0 Å². The molecule has 0 amide bonds. The van der Waals surface area contributed by atoms with Crippen molar-refractivity contribution in [3.8, 4) is 0 Å². The first-order chi connectivity index (χ1) is 10.6. The molecule has 1 rings (SSSR count). The van der Waals surface area contributed by atoms with Crippen molar-refractivity contribution < 1.29 is 30.6 Å². The molecule has 23 heavy (non-hydrogen) atoms. The van der Waals surface area contributed by atoms with Crippen molar-refractivity contribution in [2.75, 3.05) is 6.54 Å². The minimum Gasteiger partial charge on any atom is -0.305 e. The standard InChI is InChI=1S/C14H20F3NO4S/c1-3-13(7-4-10(2)14(15,16)17)23(20,21)22-12-6-5-11(9-19)18-8-12/h3-4,9,11-13,18H,1,5-8H2,2H3/b10-4+/t11-,12-,13?/m0/s1. The average molecular weight is 355 g/mol. The third kappa shape index (κ3) is 6.08. The van der Waals surface area contributed by atoms with E-state index >= 15 is 0 Å². The largest absolute Gasteiger partial charge is 0.412 e. The zero-order valence-electron chi connectivity index (χ0n) is 12.7. The van der Waals surface area contributed by atoms with Crippen LogP contribution in [0.1, 0.15) is 26.2 Å². The van der Waals surface area contributed by atoms with Crippen LogP contribution in [-0.2, 0) is 19.1 Å². The van der Waals surface area contributed by atoms with E-state index < -0.39 is 33.2 Å². The fraction of sp³-hybridized carbons (Fsp3) is 0.643. The Hall–Kier alpha value is -1.19. The summed E-state index contributed by atoms with van der Waals surface area (Å²) in [6, 6.07) is -0.329. The van der Waals surface area contributed by atoms with E-state index in [9.17, 15) is 26.4 Å². The lowest BCUT2D eigenvalue weighted by Crippen LogP contribution is -2.44. The molecule has 3 atom stereocenters. The van der Waals surface area contributed by atoms with E-state index in [1.165, 1.54) is 0 Å². The predicted molar refractivity (Wildman–Crippen MR) is 79.3 cm³/mol. The van der Waals surface area contributed by atoms with Gasteiger partial charge in [-0.25, -0.2) is 0 Å². The molecule has 1 aliphatic heterocycles. The van der Waals surface area contributed by atoms with Gasteiger partial charge < -0.3 is 10.1 Å². The Morgan fingerprint density at radius 2 is 2.09 bits per heavy atom. The highest BCUT2D eigenvalue weighted by Gasteiger charge is 2.32. The average Bonchev–Trinajstić information content (AvgIpc) is 2.46. The molecule has 1 unspecified atom stereocenters. The zero-order valence-corrected chi connectivity index (χ0v) is 13.5. The Labute approximate surface area is 133 Å². The monoisotopic (exact) mass is 355 g/mol. The van der Waals surface area contributed by atoms with Crippen molar-refractivity contribution in [1.82, 2.24) is 5.32 Å². The lowest BCUT2D eigenvalue weighted by molar-refractivity contribution is -0.110. The van der Waals surface area contributed by atoms with Crippen LogP contribution in [0.25, 0.3) is 0 Å². The first-order valence-corrected chi connectivity index (χ1v) is 8.54. The van der Waals surface area contributed by atoms with Crippen LogP contribution in [0.2, 0.25) is 0 Å². The van der Waals surface area contributed by atoms with Crippen LogP contribution < -0.4 is 5.32 Å². The van der Waals surface area contributed by atoms with Crippen molar-refractivity contribution in [2.45, 2.75) is 49.8 Å². The number of nitrogens with one attached hydrogen (secondary N) is 1. The molecule has 1 aliphatic rings. The van der Waals surface area contributed by atoms with Crippen molar-refractivity contribution in [1.29, 1.82) is 0 Å². The molecule has 0 radical (unpaired) electrons. The number of allylic oxidation sites excluding steroid dienone is 2. The molecule has 0 aromatic heterocycles. The number of aldehydes is 1. The zero-order chi connectivity index (χ0) is 17.7. The molecule has 0 aliphatic carbocycles. The van der Waals surface area contributed by atoms with Gasteiger partial charge in [0.15, 0.2) is 0 Å². The molecule has 1 saturated heterocycles. The molecular weight excluding hydrogens is 335 g/mol. The van der Waals surface area contributed by atoms with E-state index in [1.807, 2.05) is 0 Å². The van der Waals surface area contributed by atoms with E-state index in [1.54, 1.807) is 0 Å². The first kappa shape index (κ1) is 19.9. The third-order valence-electron chi connectivity index (χ3n) is 3.58. The van der Waals surface area contributed by atoms with E-state index in [2.05, 4.69) is 11.9 Å². The second kappa shape index (κ2) is 8.07. The molecule has 0 aromatic rings. The summed E-state index contributed by atoms with van der Waals surface area (Å²) < 4.78 is 66.6. The Balaban J connectivity index is 2.69. The van der Waals surface area contributed by atoms with Crippen molar-refractivity contribution in [2.24, 2.45) is 0 Å². The SMILES string of the molecule is C=CC(C/C=C(\C)C(F)(F)F)S(=O)(=O)O[C@H]1CC[C@@H](C=O)NC1. The summed E-state index contributed by atoms with van der Waals surface area (Å²) in [7, 11) is -4.10. The molecule has 132 valence electrons. The second-order valence-corrected chi connectivity index (χ2v) is 7.12. The van der Waals surface area contributed by atoms with E-state index in [0.29, 0.717) is 12.8 Å². The van der Waals surface area contributed by atoms with Gasteiger partial charge in [-0.15, -0.1) is 6.58 Å². The van der Waals surface area contributed by atoms with E-state index in [0.717, 1.165) is 25.4 Å². The fourth-order valence-corrected chi connectivity index (χ4v) is 3.31. The number of halogens is 3. The molecule has 1 fully saturated rings. The number of carbonyl (C=O) groups is 1. The van der Waals surface area contributed by atoms with Crippen molar-refractivity contribution in [3.63, 3.8) is 0 Å². The maximum absolute atomic E-state index is 12.4. The summed E-state index contributed by atoms with van der Waals surface area (Å²) in [6.45, 7) is 4.41. The Morgan fingerprint density at radius 1 is 1.43 bits per heavy atom. The fourth-order valence-electron chi connectivity index (χ4n) is 2.05. The normalized spacial score (nSPS) is 25.0. The van der Waals surface area contributed by atoms with Gasteiger partial charge in [-0.3, -0.25) is 4.18 Å². The summed E-state index contributed by atoms with van der Waals surface area (Å²) >= 11 is 0. The van der Waals surface area contributed by atoms with Crippen LogP contribution in [-0.4, -0.2) is 44.8 Å². The molecule has 0 bridgehead atoms. The van der Waals surface area contributed by atoms with Crippen LogP contribution in [0, 0.1) is 0 Å². The number of hydrogen-bond acceptors (Lipinski definition) is 5. The van der Waals surface area contributed by atoms with Crippen LogP contribution in [0.15, 0.2) is 24.3 Å². The number of alkyl halides is 3. The topological polar surface area (TPSA) is 72.5 Å². The second-order valence-electron chi connectivity index (χ2n) is 5.33. The van der Waals surface area contributed by atoms with Gasteiger partial charge in [-0.1, -0.05) is 12.2 Å². The number of carbonyl (C=O) groups excluding carboxylic acids is 1. The maximum Gasteiger partial charge on any atom is 0.412 e. The Kier molecular flexibility index (Phi) is 6.97. The maximum atomic E-state index is 12.4. The van der Waals surface area contributed by atoms with Gasteiger partial charge in [0.2, 0.25) is 0 Å². The van der Waals surface area contributed by atoms with Crippen molar-refractivity contribution >= 4 is 16.4 Å². The van der Waals surface area contributed by atoms with E-state index in [4.69, 9.17) is 4.18 Å². The van der Waals surface area contributed by atoms with Crippen molar-refractivity contribution in [3.05, 3.63) is 24.3 Å². The minimum absolute atomic E-state index is 0.184. The summed E-state index contributed by atoms with van der Waals surface area (Å²) in [5, 5.41) is 1.56. The van der Waals surface area contributed by atoms with Crippen LogP contribution in [0.4, 0.5) is 13.2 Å². The minimum atomic E-state index is -4.49. The summed E-state index contributed by atoms with van der Waals surface area (Å²) in [5.41, 5.74) is -0.868. The smallest absolute Gasteiger partial charge is 0.305 e. The highest BCUT2D eigenvalue weighted by Crippen LogP contribution is 2.26. The van der Waals surface area contributed by atoms with Crippen LogP contribution in [0.5, 0.6) is 0 Å². The van der Waals surface area contributed by atoms with E-state index in [-0.39, 0.29) is 19.0 Å². The third-order valence-corrected chi connectivity index (χ3v) is 5.25. The van der Waals surface area contributed by atoms with Gasteiger partial charge in [-0.05, 0) is 26.2 Å². The summed E-state index contributed by atoms with van der Waals surface area (Å²) in [5.74, 6) is 0. The first-order valence-electron chi connectivity index (χ1n) is 7.07.